The summed E-state index contributed by atoms with van der Waals surface area (Å²) in [7, 11) is -2.42. The molecule has 1 unspecified atom stereocenters. The molecule has 294 valence electrons. The van der Waals surface area contributed by atoms with E-state index in [9.17, 15) is 22.8 Å². The van der Waals surface area contributed by atoms with Crippen LogP contribution in [0.4, 0.5) is 0 Å². The third kappa shape index (κ3) is 9.30. The Morgan fingerprint density at radius 3 is 2.36 bits per heavy atom. The zero-order valence-corrected chi connectivity index (χ0v) is 33.6. The summed E-state index contributed by atoms with van der Waals surface area (Å²) in [5.74, 6) is -1.29. The van der Waals surface area contributed by atoms with E-state index in [1.807, 2.05) is 48.9 Å². The largest absolute Gasteiger partial charge is 0.356 e. The summed E-state index contributed by atoms with van der Waals surface area (Å²) in [6, 6.07) is 16.4. The first kappa shape index (κ1) is 41.2. The van der Waals surface area contributed by atoms with Crippen LogP contribution < -0.4 is 15.8 Å². The third-order valence-electron chi connectivity index (χ3n) is 10.4. The highest BCUT2D eigenvalue weighted by molar-refractivity contribution is 7.90. The summed E-state index contributed by atoms with van der Waals surface area (Å²) in [6.07, 6.45) is 11.6. The smallest absolute Gasteiger partial charge is 0.271 e. The van der Waals surface area contributed by atoms with Gasteiger partial charge in [0, 0.05) is 62.2 Å². The standard InChI is InChI=1S/C41H50N6O5S.C2H6/c1-4-6-20-46(21-7-5-2)41(50)37-27-45(3)38(43-37)35-19-17-31(39(48)44-53(51,52)34-18-16-28-12-8-9-14-30(28)23-34)24-36(35)40(49)47-26-32-15-11-10-13-29(32)22-33(47)25-42;1-2/h8-9,11-12,14-19,23-24,27,33,38,43H,4-7,10,13,20-22,25-26,42H2,1-3H3,(H,44,48);1-2H3/t33-,38?;/m0./s1. The van der Waals surface area contributed by atoms with Gasteiger partial charge in [0.15, 0.2) is 0 Å². The quantitative estimate of drug-likeness (QED) is 0.176. The highest BCUT2D eigenvalue weighted by Crippen LogP contribution is 2.34. The van der Waals surface area contributed by atoms with Crippen LogP contribution in [0.5, 0.6) is 0 Å². The Kier molecular flexibility index (Phi) is 13.9. The molecule has 0 aromatic heterocycles. The average molecular weight is 769 g/mol. The summed E-state index contributed by atoms with van der Waals surface area (Å²) in [5.41, 5.74) is 9.87. The van der Waals surface area contributed by atoms with Gasteiger partial charge in [-0.2, -0.15) is 0 Å². The first-order chi connectivity index (χ1) is 26.5. The third-order valence-corrected chi connectivity index (χ3v) is 11.7. The van der Waals surface area contributed by atoms with Crippen molar-refractivity contribution in [2.45, 2.75) is 89.7 Å². The predicted octanol–water partition coefficient (Wildman–Crippen LogP) is 6.61. The van der Waals surface area contributed by atoms with E-state index in [0.29, 0.717) is 37.3 Å². The molecule has 2 heterocycles. The number of hydrogen-bond acceptors (Lipinski definition) is 8. The number of nitrogens with one attached hydrogen (secondary N) is 2. The molecule has 0 saturated heterocycles. The number of carbonyl (C=O) groups is 3. The van der Waals surface area contributed by atoms with E-state index in [-0.39, 0.29) is 40.4 Å². The Morgan fingerprint density at radius 2 is 1.67 bits per heavy atom. The summed E-state index contributed by atoms with van der Waals surface area (Å²) >= 11 is 0. The first-order valence-corrected chi connectivity index (χ1v) is 21.1. The van der Waals surface area contributed by atoms with Gasteiger partial charge in [-0.15, -0.1) is 0 Å². The van der Waals surface area contributed by atoms with Crippen molar-refractivity contribution in [3.8, 4) is 0 Å². The summed E-state index contributed by atoms with van der Waals surface area (Å²) in [5, 5.41) is 4.96. The second-order valence-corrected chi connectivity index (χ2v) is 15.8. The van der Waals surface area contributed by atoms with Crippen molar-refractivity contribution in [3.05, 3.63) is 113 Å². The number of amides is 3. The van der Waals surface area contributed by atoms with Crippen LogP contribution in [0, 0.1) is 0 Å². The van der Waals surface area contributed by atoms with Gasteiger partial charge >= 0.3 is 0 Å². The molecule has 3 aromatic rings. The van der Waals surface area contributed by atoms with E-state index in [1.54, 1.807) is 29.3 Å². The van der Waals surface area contributed by atoms with Gasteiger partial charge in [0.05, 0.1) is 4.90 Å². The number of allylic oxidation sites excluding steroid dienone is 1. The Balaban J connectivity index is 0.00000285. The van der Waals surface area contributed by atoms with Gasteiger partial charge < -0.3 is 25.8 Å². The van der Waals surface area contributed by atoms with Crippen LogP contribution >= 0.6 is 0 Å². The molecule has 3 aromatic carbocycles. The lowest BCUT2D eigenvalue weighted by molar-refractivity contribution is -0.127. The van der Waals surface area contributed by atoms with E-state index in [0.717, 1.165) is 54.9 Å². The second-order valence-electron chi connectivity index (χ2n) is 14.1. The lowest BCUT2D eigenvalue weighted by Gasteiger charge is -2.39. The average Bonchev–Trinajstić information content (AvgIpc) is 3.60. The molecule has 2 atom stereocenters. The van der Waals surface area contributed by atoms with Gasteiger partial charge in [-0.25, -0.2) is 13.1 Å². The molecule has 0 bridgehead atoms. The molecule has 55 heavy (non-hydrogen) atoms. The molecule has 2 aliphatic heterocycles. The minimum absolute atomic E-state index is 0.00968. The Labute approximate surface area is 326 Å². The minimum atomic E-state index is -4.25. The SMILES string of the molecule is CC.CCCCN(CCCC)C(=O)C1=CN(C)C(c2ccc(C(=O)NS(=O)(=O)c3ccc4ccccc4c3)cc2C(=O)N2CC3=C(CCC=C3)C[C@H]2CN)N1. The van der Waals surface area contributed by atoms with Crippen molar-refractivity contribution < 1.29 is 22.8 Å². The van der Waals surface area contributed by atoms with Crippen molar-refractivity contribution in [2.75, 3.05) is 33.2 Å². The van der Waals surface area contributed by atoms with E-state index < -0.39 is 22.1 Å². The number of hydrogen-bond donors (Lipinski definition) is 3. The van der Waals surface area contributed by atoms with Crippen LogP contribution in [0.25, 0.3) is 10.8 Å². The molecule has 1 aliphatic carbocycles. The minimum Gasteiger partial charge on any atom is -0.356 e. The second kappa shape index (κ2) is 18.6. The summed E-state index contributed by atoms with van der Waals surface area (Å²) in [6.45, 7) is 10.1. The van der Waals surface area contributed by atoms with Crippen LogP contribution in [0.3, 0.4) is 0 Å². The first-order valence-electron chi connectivity index (χ1n) is 19.6. The zero-order chi connectivity index (χ0) is 39.7. The Morgan fingerprint density at radius 1 is 0.964 bits per heavy atom. The lowest BCUT2D eigenvalue weighted by Crippen LogP contribution is -2.49. The summed E-state index contributed by atoms with van der Waals surface area (Å²) in [4.78, 5) is 47.7. The molecular weight excluding hydrogens is 713 g/mol. The monoisotopic (exact) mass is 768 g/mol. The van der Waals surface area contributed by atoms with E-state index in [1.165, 1.54) is 29.8 Å². The lowest BCUT2D eigenvalue weighted by atomic mass is 9.87. The van der Waals surface area contributed by atoms with Gasteiger partial charge in [-0.05, 0) is 72.7 Å². The van der Waals surface area contributed by atoms with Crippen molar-refractivity contribution in [1.29, 1.82) is 0 Å². The highest BCUT2D eigenvalue weighted by Gasteiger charge is 2.36. The number of nitrogens with two attached hydrogens (primary N) is 1. The maximum absolute atomic E-state index is 14.7. The molecule has 3 amide bonds. The number of rotatable bonds is 13. The van der Waals surface area contributed by atoms with Crippen molar-refractivity contribution >= 4 is 38.5 Å². The number of benzene rings is 3. The maximum Gasteiger partial charge on any atom is 0.271 e. The predicted molar refractivity (Wildman–Crippen MR) is 218 cm³/mol. The van der Waals surface area contributed by atoms with Gasteiger partial charge in [-0.1, -0.05) is 94.7 Å². The Hall–Kier alpha value is -4.94. The zero-order valence-electron chi connectivity index (χ0n) is 32.8. The molecule has 0 spiro atoms. The van der Waals surface area contributed by atoms with E-state index >= 15 is 0 Å². The molecule has 12 heteroatoms. The van der Waals surface area contributed by atoms with Crippen LogP contribution in [-0.4, -0.2) is 80.1 Å². The molecule has 6 rings (SSSR count). The fourth-order valence-electron chi connectivity index (χ4n) is 7.33. The number of nitrogens with zero attached hydrogens (tertiary/aromatic N) is 3. The van der Waals surface area contributed by atoms with Crippen LogP contribution in [0.2, 0.25) is 0 Å². The van der Waals surface area contributed by atoms with Gasteiger partial charge in [0.2, 0.25) is 0 Å². The van der Waals surface area contributed by atoms with Crippen LogP contribution in [-0.2, 0) is 14.8 Å². The number of unbranched alkanes of at least 4 members (excludes halogenated alkanes) is 2. The molecule has 0 saturated carbocycles. The molecule has 4 N–H and O–H groups in total. The topological polar surface area (TPSA) is 145 Å². The van der Waals surface area contributed by atoms with Crippen molar-refractivity contribution in [1.82, 2.24) is 24.7 Å². The van der Waals surface area contributed by atoms with Crippen LogP contribution in [0.1, 0.15) is 105 Å². The number of sulfonamides is 1. The summed E-state index contributed by atoms with van der Waals surface area (Å²) < 4.78 is 29.1. The van der Waals surface area contributed by atoms with Gasteiger partial charge in [-0.3, -0.25) is 14.4 Å². The highest BCUT2D eigenvalue weighted by atomic mass is 32.2. The van der Waals surface area contributed by atoms with Crippen molar-refractivity contribution in [2.24, 2.45) is 5.73 Å². The van der Waals surface area contributed by atoms with Gasteiger partial charge in [0.25, 0.3) is 27.7 Å². The molecule has 11 nitrogen and oxygen atoms in total. The van der Waals surface area contributed by atoms with E-state index in [4.69, 9.17) is 5.73 Å². The number of fused-ring (bicyclic) bond motifs is 1. The normalized spacial score (nSPS) is 17.9. The fraction of sp³-hybridized carbons (Fsp3) is 0.419. The van der Waals surface area contributed by atoms with Crippen LogP contribution in [0.15, 0.2) is 101 Å². The molecule has 0 radical (unpaired) electrons. The molecule has 3 aliphatic rings. The Bertz CT molecular complexity index is 2080. The van der Waals surface area contributed by atoms with Gasteiger partial charge in [0.1, 0.15) is 11.9 Å². The fourth-order valence-corrected chi connectivity index (χ4v) is 8.34. The molecule has 0 fully saturated rings. The van der Waals surface area contributed by atoms with Crippen molar-refractivity contribution in [3.63, 3.8) is 0 Å². The molecular formula is C43H56N6O5S. The van der Waals surface area contributed by atoms with E-state index in [2.05, 4.69) is 36.0 Å². The maximum atomic E-state index is 14.7. The number of carbonyl (C=O) groups excluding carboxylic acids is 3.